The third-order valence-electron chi connectivity index (χ3n) is 5.52. The predicted molar refractivity (Wildman–Crippen MR) is 139 cm³/mol. The van der Waals surface area contributed by atoms with Gasteiger partial charge in [-0.05, 0) is 97.9 Å². The van der Waals surface area contributed by atoms with Crippen molar-refractivity contribution in [1.82, 2.24) is 0 Å². The molecule has 2 aromatic carbocycles. The summed E-state index contributed by atoms with van der Waals surface area (Å²) in [6, 6.07) is 10.2. The second-order valence-corrected chi connectivity index (χ2v) is 10.9. The Morgan fingerprint density at radius 1 is 1.12 bits per heavy atom. The minimum atomic E-state index is -1.33. The molecule has 0 amide bonds. The molecule has 0 atom stereocenters. The van der Waals surface area contributed by atoms with E-state index in [0.29, 0.717) is 5.75 Å². The summed E-state index contributed by atoms with van der Waals surface area (Å²) in [6.07, 6.45) is 5.49. The lowest BCUT2D eigenvalue weighted by molar-refractivity contribution is -0.152. The number of carboxylic acids is 1. The van der Waals surface area contributed by atoms with E-state index in [0.717, 1.165) is 37.2 Å². The Labute approximate surface area is 203 Å². The zero-order valence-corrected chi connectivity index (χ0v) is 21.7. The van der Waals surface area contributed by atoms with Crippen molar-refractivity contribution in [2.24, 2.45) is 0 Å². The summed E-state index contributed by atoms with van der Waals surface area (Å²) in [5.41, 5.74) is 2.30. The van der Waals surface area contributed by atoms with E-state index in [4.69, 9.17) is 4.74 Å². The van der Waals surface area contributed by atoms with Crippen LogP contribution in [-0.2, 0) is 4.79 Å². The number of thioether (sulfide) groups is 1. The van der Waals surface area contributed by atoms with Gasteiger partial charge in [-0.1, -0.05) is 26.0 Å². The summed E-state index contributed by atoms with van der Waals surface area (Å²) < 4.78 is 6.91. The van der Waals surface area contributed by atoms with Gasteiger partial charge in [-0.3, -0.25) is 4.79 Å². The van der Waals surface area contributed by atoms with E-state index in [9.17, 15) is 14.7 Å². The summed E-state index contributed by atoms with van der Waals surface area (Å²) in [5.74, 6) is -0.232. The maximum Gasteiger partial charge on any atom is 0.347 e. The van der Waals surface area contributed by atoms with Crippen LogP contribution in [0.4, 0.5) is 0 Å². The number of thiophene rings is 1. The van der Waals surface area contributed by atoms with Crippen LogP contribution in [-0.4, -0.2) is 28.7 Å². The molecule has 0 unspecified atom stereocenters. The number of hydrogen-bond donors (Lipinski definition) is 1. The van der Waals surface area contributed by atoms with Gasteiger partial charge in [0, 0.05) is 9.60 Å². The molecule has 0 bridgehead atoms. The van der Waals surface area contributed by atoms with Gasteiger partial charge in [0.2, 0.25) is 0 Å². The maximum atomic E-state index is 13.2. The molecule has 0 aliphatic carbocycles. The van der Waals surface area contributed by atoms with Crippen molar-refractivity contribution in [3.05, 3.63) is 63.5 Å². The van der Waals surface area contributed by atoms with Crippen LogP contribution in [0.3, 0.4) is 0 Å². The van der Waals surface area contributed by atoms with E-state index >= 15 is 0 Å². The Kier molecular flexibility index (Phi) is 7.39. The largest absolute Gasteiger partial charge is 0.478 e. The van der Waals surface area contributed by atoms with Gasteiger partial charge < -0.3 is 9.84 Å². The summed E-state index contributed by atoms with van der Waals surface area (Å²) in [5, 5.41) is 10.5. The number of hydrogen-bond acceptors (Lipinski definition) is 5. The zero-order chi connectivity index (χ0) is 24.5. The van der Waals surface area contributed by atoms with Gasteiger partial charge in [-0.25, -0.2) is 4.79 Å². The molecule has 0 aliphatic rings. The lowest BCUT2D eigenvalue weighted by Crippen LogP contribution is -2.38. The minimum Gasteiger partial charge on any atom is -0.478 e. The number of carbonyl (C=O) groups excluding carboxylic acids is 1. The molecule has 6 heteroatoms. The number of rotatable bonds is 8. The van der Waals surface area contributed by atoms with Gasteiger partial charge in [-0.2, -0.15) is 0 Å². The summed E-state index contributed by atoms with van der Waals surface area (Å²) in [6.45, 7) is 11.1. The standard InChI is InChI=1S/C27H30O4S2/c1-15(2)23-20-10-9-19(32-7)14-22(20)33-25(23)21(28)11-8-18-12-16(3)24(17(4)13-18)31-27(5,6)26(29)30/h8-15H,1-7H3,(H,29,30)/b11-8+. The Morgan fingerprint density at radius 2 is 1.76 bits per heavy atom. The van der Waals surface area contributed by atoms with E-state index in [2.05, 4.69) is 38.3 Å². The Balaban J connectivity index is 1.93. The number of carbonyl (C=O) groups is 2. The van der Waals surface area contributed by atoms with Crippen LogP contribution in [0.15, 0.2) is 41.3 Å². The first-order chi connectivity index (χ1) is 15.4. The molecule has 174 valence electrons. The Morgan fingerprint density at radius 3 is 2.30 bits per heavy atom. The zero-order valence-electron chi connectivity index (χ0n) is 20.1. The highest BCUT2D eigenvalue weighted by Gasteiger charge is 2.30. The summed E-state index contributed by atoms with van der Waals surface area (Å²) in [4.78, 5) is 26.6. The van der Waals surface area contributed by atoms with Crippen LogP contribution >= 0.6 is 23.1 Å². The highest BCUT2D eigenvalue weighted by molar-refractivity contribution is 7.98. The van der Waals surface area contributed by atoms with E-state index in [1.165, 1.54) is 18.7 Å². The number of ether oxygens (including phenoxy) is 1. The SMILES string of the molecule is CSc1ccc2c(C(C)C)c(C(=O)/C=C/c3cc(C)c(OC(C)(C)C(=O)O)c(C)c3)sc2c1. The number of ketones is 1. The van der Waals surface area contributed by atoms with Gasteiger partial charge in [0.05, 0.1) is 4.88 Å². The van der Waals surface area contributed by atoms with Crippen molar-refractivity contribution in [2.75, 3.05) is 6.26 Å². The lowest BCUT2D eigenvalue weighted by Gasteiger charge is -2.24. The van der Waals surface area contributed by atoms with Crippen molar-refractivity contribution >= 4 is 51.0 Å². The second kappa shape index (κ2) is 9.74. The van der Waals surface area contributed by atoms with Gasteiger partial charge in [0.1, 0.15) is 5.75 Å². The molecular weight excluding hydrogens is 452 g/mol. The van der Waals surface area contributed by atoms with Crippen molar-refractivity contribution in [2.45, 2.75) is 58.0 Å². The third kappa shape index (κ3) is 5.33. The van der Waals surface area contributed by atoms with Gasteiger partial charge >= 0.3 is 5.97 Å². The van der Waals surface area contributed by atoms with Gasteiger partial charge in [-0.15, -0.1) is 23.1 Å². The lowest BCUT2D eigenvalue weighted by atomic mass is 9.97. The topological polar surface area (TPSA) is 63.6 Å². The fraction of sp³-hybridized carbons (Fsp3) is 0.333. The molecule has 1 heterocycles. The van der Waals surface area contributed by atoms with Crippen LogP contribution in [0, 0.1) is 13.8 Å². The van der Waals surface area contributed by atoms with Crippen molar-refractivity contribution in [1.29, 1.82) is 0 Å². The van der Waals surface area contributed by atoms with Gasteiger partial charge in [0.25, 0.3) is 0 Å². The smallest absolute Gasteiger partial charge is 0.347 e. The molecule has 3 rings (SSSR count). The first-order valence-electron chi connectivity index (χ1n) is 10.8. The second-order valence-electron chi connectivity index (χ2n) is 8.96. The Bertz CT molecular complexity index is 1230. The monoisotopic (exact) mass is 482 g/mol. The number of aryl methyl sites for hydroxylation is 2. The van der Waals surface area contributed by atoms with Crippen molar-refractivity contribution in [3.63, 3.8) is 0 Å². The van der Waals surface area contributed by atoms with Crippen molar-refractivity contribution < 1.29 is 19.4 Å². The van der Waals surface area contributed by atoms with E-state index in [-0.39, 0.29) is 11.7 Å². The predicted octanol–water partition coefficient (Wildman–Crippen LogP) is 7.50. The average molecular weight is 483 g/mol. The molecule has 3 aromatic rings. The molecule has 1 N–H and O–H groups in total. The highest BCUT2D eigenvalue weighted by Crippen LogP contribution is 2.38. The molecule has 0 spiro atoms. The summed E-state index contributed by atoms with van der Waals surface area (Å²) in [7, 11) is 0. The number of benzene rings is 2. The van der Waals surface area contributed by atoms with Crippen LogP contribution in [0.2, 0.25) is 0 Å². The molecule has 0 saturated heterocycles. The van der Waals surface area contributed by atoms with Crippen LogP contribution in [0.25, 0.3) is 16.2 Å². The molecule has 1 aromatic heterocycles. The Hall–Kier alpha value is -2.57. The first-order valence-corrected chi connectivity index (χ1v) is 12.8. The molecule has 0 radical (unpaired) electrons. The van der Waals surface area contributed by atoms with E-state index in [1.54, 1.807) is 29.2 Å². The fourth-order valence-electron chi connectivity index (χ4n) is 3.77. The fourth-order valence-corrected chi connectivity index (χ4v) is 5.60. The first kappa shape index (κ1) is 25.1. The number of fused-ring (bicyclic) bond motifs is 1. The van der Waals surface area contributed by atoms with Crippen LogP contribution in [0.1, 0.15) is 65.5 Å². The van der Waals surface area contributed by atoms with Gasteiger partial charge in [0.15, 0.2) is 11.4 Å². The number of carboxylic acid groups (broad SMARTS) is 1. The van der Waals surface area contributed by atoms with E-state index in [1.807, 2.05) is 32.1 Å². The summed E-state index contributed by atoms with van der Waals surface area (Å²) >= 11 is 3.25. The number of allylic oxidation sites excluding steroid dienone is 1. The maximum absolute atomic E-state index is 13.2. The molecule has 0 fully saturated rings. The quantitative estimate of drug-likeness (QED) is 0.205. The molecule has 4 nitrogen and oxygen atoms in total. The molecule has 33 heavy (non-hydrogen) atoms. The normalized spacial score (nSPS) is 12.1. The molecule has 0 aliphatic heterocycles. The van der Waals surface area contributed by atoms with Crippen LogP contribution in [0.5, 0.6) is 5.75 Å². The number of aliphatic carboxylic acids is 1. The van der Waals surface area contributed by atoms with Crippen LogP contribution < -0.4 is 4.74 Å². The minimum absolute atomic E-state index is 0.00625. The highest BCUT2D eigenvalue weighted by atomic mass is 32.2. The third-order valence-corrected chi connectivity index (χ3v) is 7.43. The average Bonchev–Trinajstić information content (AvgIpc) is 3.13. The molecular formula is C27H30O4S2. The van der Waals surface area contributed by atoms with Crippen molar-refractivity contribution in [3.8, 4) is 5.75 Å². The van der Waals surface area contributed by atoms with E-state index < -0.39 is 11.6 Å². The molecule has 0 saturated carbocycles.